The standard InChI is InChI=1S/C14H14F3N3O/c1-20-8-12(19-9-20)6-7-18-13(21)10-2-4-11(5-3-10)14(15,16)17/h2-5,8-9H,6-7H2,1H3,(H,18,21). The van der Waals surface area contributed by atoms with E-state index >= 15 is 0 Å². The minimum absolute atomic E-state index is 0.198. The molecule has 0 radical (unpaired) electrons. The summed E-state index contributed by atoms with van der Waals surface area (Å²) in [7, 11) is 1.84. The van der Waals surface area contributed by atoms with Gasteiger partial charge in [0, 0.05) is 31.8 Å². The van der Waals surface area contributed by atoms with E-state index < -0.39 is 17.6 Å². The van der Waals surface area contributed by atoms with E-state index in [-0.39, 0.29) is 5.56 Å². The topological polar surface area (TPSA) is 46.9 Å². The lowest BCUT2D eigenvalue weighted by Gasteiger charge is -2.08. The molecule has 0 spiro atoms. The third kappa shape index (κ3) is 4.08. The Hall–Kier alpha value is -2.31. The van der Waals surface area contributed by atoms with E-state index in [0.29, 0.717) is 13.0 Å². The fourth-order valence-electron chi connectivity index (χ4n) is 1.81. The average Bonchev–Trinajstić information content (AvgIpc) is 2.83. The summed E-state index contributed by atoms with van der Waals surface area (Å²) in [6.07, 6.45) is -0.335. The number of aryl methyl sites for hydroxylation is 1. The van der Waals surface area contributed by atoms with Crippen molar-refractivity contribution in [3.8, 4) is 0 Å². The summed E-state index contributed by atoms with van der Waals surface area (Å²) < 4.78 is 39.0. The summed E-state index contributed by atoms with van der Waals surface area (Å²) in [5.41, 5.74) is 0.266. The summed E-state index contributed by atoms with van der Waals surface area (Å²) in [4.78, 5) is 15.9. The number of carbonyl (C=O) groups excluding carboxylic acids is 1. The number of alkyl halides is 3. The number of nitrogens with one attached hydrogen (secondary N) is 1. The molecular weight excluding hydrogens is 283 g/mol. The molecule has 2 aromatic rings. The number of aromatic nitrogens is 2. The molecule has 0 atom stereocenters. The number of rotatable bonds is 4. The van der Waals surface area contributed by atoms with Crippen molar-refractivity contribution in [2.45, 2.75) is 12.6 Å². The van der Waals surface area contributed by atoms with Crippen LogP contribution < -0.4 is 5.32 Å². The van der Waals surface area contributed by atoms with E-state index in [1.54, 1.807) is 10.9 Å². The van der Waals surface area contributed by atoms with Crippen LogP contribution in [0.4, 0.5) is 13.2 Å². The van der Waals surface area contributed by atoms with Crippen molar-refractivity contribution in [3.63, 3.8) is 0 Å². The predicted octanol–water partition coefficient (Wildman–Crippen LogP) is 2.41. The smallest absolute Gasteiger partial charge is 0.352 e. The molecule has 1 heterocycles. The first kappa shape index (κ1) is 15.1. The number of nitrogens with zero attached hydrogens (tertiary/aromatic N) is 2. The number of carbonyl (C=O) groups is 1. The van der Waals surface area contributed by atoms with Gasteiger partial charge < -0.3 is 9.88 Å². The number of benzene rings is 1. The van der Waals surface area contributed by atoms with Gasteiger partial charge in [0.15, 0.2) is 0 Å². The van der Waals surface area contributed by atoms with Crippen molar-refractivity contribution in [1.29, 1.82) is 0 Å². The van der Waals surface area contributed by atoms with Gasteiger partial charge in [0.05, 0.1) is 17.6 Å². The van der Waals surface area contributed by atoms with Crippen LogP contribution in [-0.4, -0.2) is 22.0 Å². The van der Waals surface area contributed by atoms with Crippen molar-refractivity contribution in [1.82, 2.24) is 14.9 Å². The van der Waals surface area contributed by atoms with Crippen LogP contribution >= 0.6 is 0 Å². The van der Waals surface area contributed by atoms with Crippen molar-refractivity contribution in [2.24, 2.45) is 7.05 Å². The molecular formula is C14H14F3N3O. The Morgan fingerprint density at radius 1 is 1.29 bits per heavy atom. The second-order valence-electron chi connectivity index (χ2n) is 4.61. The van der Waals surface area contributed by atoms with Crippen LogP contribution in [0.2, 0.25) is 0 Å². The van der Waals surface area contributed by atoms with E-state index in [4.69, 9.17) is 0 Å². The van der Waals surface area contributed by atoms with Gasteiger partial charge in [-0.25, -0.2) is 4.98 Å². The zero-order valence-corrected chi connectivity index (χ0v) is 11.3. The maximum atomic E-state index is 12.4. The van der Waals surface area contributed by atoms with Gasteiger partial charge in [-0.1, -0.05) is 0 Å². The molecule has 0 saturated heterocycles. The molecule has 0 aliphatic rings. The van der Waals surface area contributed by atoms with E-state index in [1.807, 2.05) is 13.2 Å². The molecule has 7 heteroatoms. The molecule has 0 bridgehead atoms. The van der Waals surface area contributed by atoms with Gasteiger partial charge in [-0.05, 0) is 24.3 Å². The zero-order valence-electron chi connectivity index (χ0n) is 11.3. The van der Waals surface area contributed by atoms with Crippen molar-refractivity contribution in [3.05, 3.63) is 53.6 Å². The minimum atomic E-state index is -4.39. The van der Waals surface area contributed by atoms with Gasteiger partial charge >= 0.3 is 6.18 Å². The van der Waals surface area contributed by atoms with Crippen LogP contribution in [0.25, 0.3) is 0 Å². The molecule has 1 aromatic carbocycles. The molecule has 1 aromatic heterocycles. The quantitative estimate of drug-likeness (QED) is 0.942. The minimum Gasteiger partial charge on any atom is -0.352 e. The maximum absolute atomic E-state index is 12.4. The van der Waals surface area contributed by atoms with Crippen LogP contribution in [0.5, 0.6) is 0 Å². The third-order valence-corrected chi connectivity index (χ3v) is 2.90. The molecule has 0 aliphatic carbocycles. The third-order valence-electron chi connectivity index (χ3n) is 2.90. The molecule has 0 unspecified atom stereocenters. The molecule has 21 heavy (non-hydrogen) atoms. The highest BCUT2D eigenvalue weighted by atomic mass is 19.4. The molecule has 0 aliphatic heterocycles. The molecule has 1 N–H and O–H groups in total. The largest absolute Gasteiger partial charge is 0.416 e. The van der Waals surface area contributed by atoms with Gasteiger partial charge in [-0.15, -0.1) is 0 Å². The number of amides is 1. The highest BCUT2D eigenvalue weighted by molar-refractivity contribution is 5.94. The van der Waals surface area contributed by atoms with Gasteiger partial charge in [0.1, 0.15) is 0 Å². The van der Waals surface area contributed by atoms with Crippen LogP contribution in [0.1, 0.15) is 21.6 Å². The average molecular weight is 297 g/mol. The second-order valence-corrected chi connectivity index (χ2v) is 4.61. The Balaban J connectivity index is 1.88. The van der Waals surface area contributed by atoms with Gasteiger partial charge in [0.25, 0.3) is 5.91 Å². The number of halogens is 3. The summed E-state index contributed by atoms with van der Waals surface area (Å²) in [6.45, 7) is 0.372. The number of hydrogen-bond donors (Lipinski definition) is 1. The summed E-state index contributed by atoms with van der Waals surface area (Å²) >= 11 is 0. The van der Waals surface area contributed by atoms with E-state index in [1.165, 1.54) is 12.1 Å². The zero-order chi connectivity index (χ0) is 15.5. The Kier molecular flexibility index (Phi) is 4.30. The van der Waals surface area contributed by atoms with E-state index in [9.17, 15) is 18.0 Å². The first-order valence-electron chi connectivity index (χ1n) is 6.28. The predicted molar refractivity (Wildman–Crippen MR) is 70.7 cm³/mol. The van der Waals surface area contributed by atoms with Gasteiger partial charge in [0.2, 0.25) is 0 Å². The highest BCUT2D eigenvalue weighted by Crippen LogP contribution is 2.28. The maximum Gasteiger partial charge on any atom is 0.416 e. The van der Waals surface area contributed by atoms with Gasteiger partial charge in [-0.3, -0.25) is 4.79 Å². The van der Waals surface area contributed by atoms with Crippen molar-refractivity contribution >= 4 is 5.91 Å². The SMILES string of the molecule is Cn1cnc(CCNC(=O)c2ccc(C(F)(F)F)cc2)c1. The van der Waals surface area contributed by atoms with E-state index in [2.05, 4.69) is 10.3 Å². The Labute approximate surface area is 119 Å². The van der Waals surface area contributed by atoms with Crippen LogP contribution in [0, 0.1) is 0 Å². The summed E-state index contributed by atoms with van der Waals surface area (Å²) in [6, 6.07) is 4.12. The first-order chi connectivity index (χ1) is 9.86. The Morgan fingerprint density at radius 3 is 2.48 bits per heavy atom. The molecule has 2 rings (SSSR count). The van der Waals surface area contributed by atoms with E-state index in [0.717, 1.165) is 17.8 Å². The number of hydrogen-bond acceptors (Lipinski definition) is 2. The monoisotopic (exact) mass is 297 g/mol. The lowest BCUT2D eigenvalue weighted by atomic mass is 10.1. The van der Waals surface area contributed by atoms with Crippen LogP contribution in [0.3, 0.4) is 0 Å². The van der Waals surface area contributed by atoms with Crippen LogP contribution in [0.15, 0.2) is 36.8 Å². The Bertz CT molecular complexity index is 617. The lowest BCUT2D eigenvalue weighted by molar-refractivity contribution is -0.137. The lowest BCUT2D eigenvalue weighted by Crippen LogP contribution is -2.25. The normalized spacial score (nSPS) is 11.4. The number of imidazole rings is 1. The summed E-state index contributed by atoms with van der Waals surface area (Å²) in [5.74, 6) is -0.403. The second kappa shape index (κ2) is 5.99. The fourth-order valence-corrected chi connectivity index (χ4v) is 1.81. The first-order valence-corrected chi connectivity index (χ1v) is 6.28. The molecule has 0 fully saturated rings. The van der Waals surface area contributed by atoms with Crippen molar-refractivity contribution in [2.75, 3.05) is 6.54 Å². The van der Waals surface area contributed by atoms with Crippen molar-refractivity contribution < 1.29 is 18.0 Å². The fraction of sp³-hybridized carbons (Fsp3) is 0.286. The molecule has 112 valence electrons. The summed E-state index contributed by atoms with van der Waals surface area (Å²) in [5, 5.41) is 2.65. The van der Waals surface area contributed by atoms with Crippen LogP contribution in [-0.2, 0) is 19.6 Å². The van der Waals surface area contributed by atoms with Gasteiger partial charge in [-0.2, -0.15) is 13.2 Å². The Morgan fingerprint density at radius 2 is 1.95 bits per heavy atom. The molecule has 4 nitrogen and oxygen atoms in total. The molecule has 1 amide bonds. The molecule has 0 saturated carbocycles. The highest BCUT2D eigenvalue weighted by Gasteiger charge is 2.30.